The van der Waals surface area contributed by atoms with Gasteiger partial charge in [-0.25, -0.2) is 14.5 Å². The topological polar surface area (TPSA) is 46.0 Å². The Kier molecular flexibility index (Phi) is 2.14. The standard InChI is InChI=1S/C12H12N4S2/c1-6-2-3-8-7(4-6)9-10-13-5-14-16(10)12(17)15-11(9)18-8/h5-6H,2-4H2,1H3,(H,13,14). The van der Waals surface area contributed by atoms with Gasteiger partial charge >= 0.3 is 0 Å². The van der Waals surface area contributed by atoms with Gasteiger partial charge in [-0.3, -0.25) is 5.10 Å². The van der Waals surface area contributed by atoms with Crippen molar-refractivity contribution < 1.29 is 0 Å². The molecular weight excluding hydrogens is 264 g/mol. The minimum absolute atomic E-state index is 0.557. The van der Waals surface area contributed by atoms with E-state index in [4.69, 9.17) is 12.2 Å². The highest BCUT2D eigenvalue weighted by molar-refractivity contribution is 7.71. The number of H-pyrrole nitrogens is 1. The third-order valence-corrected chi connectivity index (χ3v) is 5.15. The predicted octanol–water partition coefficient (Wildman–Crippen LogP) is 3.13. The molecule has 0 spiro atoms. The van der Waals surface area contributed by atoms with E-state index in [2.05, 4.69) is 22.0 Å². The molecule has 3 heterocycles. The van der Waals surface area contributed by atoms with Gasteiger partial charge in [0.05, 0.1) is 5.39 Å². The van der Waals surface area contributed by atoms with Gasteiger partial charge in [0.2, 0.25) is 4.77 Å². The van der Waals surface area contributed by atoms with Crippen LogP contribution >= 0.6 is 23.6 Å². The van der Waals surface area contributed by atoms with Crippen LogP contribution in [0.1, 0.15) is 23.8 Å². The van der Waals surface area contributed by atoms with E-state index in [1.54, 1.807) is 22.2 Å². The second kappa shape index (κ2) is 3.61. The molecule has 1 atom stereocenters. The SMILES string of the molecule is CC1CCc2sc3nc(=S)n4[nH]cnc4c3c2C1. The number of rotatable bonds is 0. The highest BCUT2D eigenvalue weighted by Gasteiger charge is 2.23. The normalized spacial score (nSPS) is 19.5. The molecule has 92 valence electrons. The highest BCUT2D eigenvalue weighted by Crippen LogP contribution is 2.38. The lowest BCUT2D eigenvalue weighted by Crippen LogP contribution is -2.09. The van der Waals surface area contributed by atoms with Crippen LogP contribution in [-0.2, 0) is 12.8 Å². The average Bonchev–Trinajstić information content (AvgIpc) is 2.92. The summed E-state index contributed by atoms with van der Waals surface area (Å²) in [4.78, 5) is 11.5. The van der Waals surface area contributed by atoms with Crippen molar-refractivity contribution in [1.82, 2.24) is 19.6 Å². The smallest absolute Gasteiger partial charge is 0.222 e. The maximum atomic E-state index is 5.29. The second-order valence-electron chi connectivity index (χ2n) is 4.97. The quantitative estimate of drug-likeness (QED) is 0.642. The molecule has 0 aliphatic heterocycles. The Morgan fingerprint density at radius 1 is 1.56 bits per heavy atom. The fourth-order valence-electron chi connectivity index (χ4n) is 2.78. The van der Waals surface area contributed by atoms with Gasteiger partial charge < -0.3 is 0 Å². The summed E-state index contributed by atoms with van der Waals surface area (Å²) >= 11 is 7.08. The molecule has 1 aliphatic carbocycles. The molecule has 3 aromatic heterocycles. The Labute approximate surface area is 113 Å². The van der Waals surface area contributed by atoms with Gasteiger partial charge in [0, 0.05) is 4.88 Å². The first-order chi connectivity index (χ1) is 8.74. The fourth-order valence-corrected chi connectivity index (χ4v) is 4.28. The summed E-state index contributed by atoms with van der Waals surface area (Å²) in [6.07, 6.45) is 5.26. The molecule has 1 N–H and O–H groups in total. The van der Waals surface area contributed by atoms with Gasteiger partial charge in [-0.15, -0.1) is 11.3 Å². The number of fused-ring (bicyclic) bond motifs is 5. The maximum Gasteiger partial charge on any atom is 0.222 e. The van der Waals surface area contributed by atoms with E-state index in [1.807, 2.05) is 0 Å². The fraction of sp³-hybridized carbons (Fsp3) is 0.417. The average molecular weight is 276 g/mol. The van der Waals surface area contributed by atoms with E-state index in [-0.39, 0.29) is 0 Å². The van der Waals surface area contributed by atoms with E-state index >= 15 is 0 Å². The summed E-state index contributed by atoms with van der Waals surface area (Å²) in [5.74, 6) is 0.748. The first kappa shape index (κ1) is 10.6. The number of thiophene rings is 1. The van der Waals surface area contributed by atoms with Gasteiger partial charge in [-0.2, -0.15) is 0 Å². The van der Waals surface area contributed by atoms with Crippen LogP contribution in [0.4, 0.5) is 0 Å². The summed E-state index contributed by atoms with van der Waals surface area (Å²) < 4.78 is 2.35. The number of nitrogens with one attached hydrogen (secondary N) is 1. The third-order valence-electron chi connectivity index (χ3n) is 3.69. The summed E-state index contributed by atoms with van der Waals surface area (Å²) in [6.45, 7) is 2.32. The second-order valence-corrected chi connectivity index (χ2v) is 6.42. The molecule has 1 aliphatic rings. The molecule has 0 saturated carbocycles. The van der Waals surface area contributed by atoms with Crippen LogP contribution in [0.5, 0.6) is 0 Å². The lowest BCUT2D eigenvalue weighted by Gasteiger charge is -2.17. The Balaban J connectivity index is 2.19. The summed E-state index contributed by atoms with van der Waals surface area (Å²) in [6, 6.07) is 0. The van der Waals surface area contributed by atoms with Crippen molar-refractivity contribution in [1.29, 1.82) is 0 Å². The Hall–Kier alpha value is -1.27. The van der Waals surface area contributed by atoms with Gasteiger partial charge in [0.15, 0.2) is 5.65 Å². The van der Waals surface area contributed by atoms with Crippen molar-refractivity contribution in [3.8, 4) is 0 Å². The molecule has 4 rings (SSSR count). The zero-order valence-electron chi connectivity index (χ0n) is 9.93. The molecule has 0 radical (unpaired) electrons. The lowest BCUT2D eigenvalue weighted by molar-refractivity contribution is 0.508. The summed E-state index contributed by atoms with van der Waals surface area (Å²) in [5.41, 5.74) is 2.37. The number of nitrogens with zero attached hydrogens (tertiary/aromatic N) is 3. The molecule has 3 aromatic rings. The molecule has 0 amide bonds. The minimum Gasteiger partial charge on any atom is -0.280 e. The first-order valence-electron chi connectivity index (χ1n) is 6.10. The maximum absolute atomic E-state index is 5.29. The van der Waals surface area contributed by atoms with Crippen molar-refractivity contribution in [2.45, 2.75) is 26.2 Å². The van der Waals surface area contributed by atoms with Crippen LogP contribution in [0.25, 0.3) is 15.9 Å². The molecule has 0 aromatic carbocycles. The van der Waals surface area contributed by atoms with Crippen LogP contribution < -0.4 is 0 Å². The number of hydrogen-bond acceptors (Lipinski definition) is 4. The lowest BCUT2D eigenvalue weighted by atomic mass is 9.89. The van der Waals surface area contributed by atoms with E-state index < -0.39 is 0 Å². The monoisotopic (exact) mass is 276 g/mol. The molecule has 18 heavy (non-hydrogen) atoms. The molecule has 0 fully saturated rings. The van der Waals surface area contributed by atoms with Crippen LogP contribution in [0, 0.1) is 10.7 Å². The minimum atomic E-state index is 0.557. The molecule has 6 heteroatoms. The largest absolute Gasteiger partial charge is 0.280 e. The van der Waals surface area contributed by atoms with Gasteiger partial charge in [0.25, 0.3) is 0 Å². The molecule has 4 nitrogen and oxygen atoms in total. The number of aromatic amines is 1. The Bertz CT molecular complexity index is 811. The van der Waals surface area contributed by atoms with E-state index in [0.29, 0.717) is 4.77 Å². The van der Waals surface area contributed by atoms with Crippen molar-refractivity contribution in [2.75, 3.05) is 0 Å². The van der Waals surface area contributed by atoms with Crippen molar-refractivity contribution >= 4 is 39.4 Å². The molecular formula is C12H12N4S2. The number of aryl methyl sites for hydroxylation is 1. The van der Waals surface area contributed by atoms with Gasteiger partial charge in [-0.1, -0.05) is 6.92 Å². The van der Waals surface area contributed by atoms with Crippen LogP contribution in [0.3, 0.4) is 0 Å². The molecule has 1 unspecified atom stereocenters. The van der Waals surface area contributed by atoms with Crippen LogP contribution in [-0.4, -0.2) is 19.6 Å². The van der Waals surface area contributed by atoms with Crippen molar-refractivity contribution in [3.05, 3.63) is 21.5 Å². The zero-order valence-corrected chi connectivity index (χ0v) is 11.6. The van der Waals surface area contributed by atoms with E-state index in [1.165, 1.54) is 28.7 Å². The van der Waals surface area contributed by atoms with Crippen molar-refractivity contribution in [3.63, 3.8) is 0 Å². The van der Waals surface area contributed by atoms with Crippen molar-refractivity contribution in [2.24, 2.45) is 5.92 Å². The van der Waals surface area contributed by atoms with Crippen LogP contribution in [0.15, 0.2) is 6.33 Å². The van der Waals surface area contributed by atoms with E-state index in [9.17, 15) is 0 Å². The van der Waals surface area contributed by atoms with E-state index in [0.717, 1.165) is 22.8 Å². The summed E-state index contributed by atoms with van der Waals surface area (Å²) in [7, 11) is 0. The van der Waals surface area contributed by atoms with Gasteiger partial charge in [-0.05, 0) is 43.0 Å². The number of aromatic nitrogens is 4. The summed E-state index contributed by atoms with van der Waals surface area (Å²) in [5, 5.41) is 4.24. The number of hydrogen-bond donors (Lipinski definition) is 1. The van der Waals surface area contributed by atoms with Crippen LogP contribution in [0.2, 0.25) is 0 Å². The third kappa shape index (κ3) is 1.33. The Morgan fingerprint density at radius 2 is 2.44 bits per heavy atom. The first-order valence-corrected chi connectivity index (χ1v) is 7.33. The predicted molar refractivity (Wildman–Crippen MR) is 74.7 cm³/mol. The Morgan fingerprint density at radius 3 is 3.33 bits per heavy atom. The molecule has 0 bridgehead atoms. The van der Waals surface area contributed by atoms with Gasteiger partial charge in [0.1, 0.15) is 11.2 Å². The molecule has 0 saturated heterocycles. The zero-order chi connectivity index (χ0) is 12.3. The highest BCUT2D eigenvalue weighted by atomic mass is 32.1.